The standard InChI is InChI=1S/C28H33F5N4O6S/c1-4-18-13(2)21(35-43-18)25(27(40)5-7-28(32,33)8-6-27)44-26-24(41-3)22(23(39)19(12-38)42-26)37-11-17(34-36-37)14-9-15(29)20(31)16(30)10-14/h9-11,19,22-26,38-40H,4-8,12H2,1-3H3/t19-,22+,23+,24-,25-,26+/m1/s1. The van der Waals surface area contributed by atoms with Gasteiger partial charge in [-0.25, -0.2) is 26.6 Å². The molecule has 44 heavy (non-hydrogen) atoms. The number of aryl methyl sites for hydroxylation is 1. The van der Waals surface area contributed by atoms with Crippen LogP contribution in [0.5, 0.6) is 0 Å². The fraction of sp³-hybridized carbons (Fsp3) is 0.607. The van der Waals surface area contributed by atoms with Crippen molar-refractivity contribution in [3.05, 3.63) is 52.8 Å². The molecule has 10 nitrogen and oxygen atoms in total. The van der Waals surface area contributed by atoms with E-state index >= 15 is 0 Å². The smallest absolute Gasteiger partial charge is 0.248 e. The summed E-state index contributed by atoms with van der Waals surface area (Å²) in [6.45, 7) is 2.99. The van der Waals surface area contributed by atoms with Crippen molar-refractivity contribution >= 4 is 11.8 Å². The maximum Gasteiger partial charge on any atom is 0.248 e. The van der Waals surface area contributed by atoms with Gasteiger partial charge in [0.05, 0.1) is 23.7 Å². The second-order valence-electron chi connectivity index (χ2n) is 11.2. The van der Waals surface area contributed by atoms with Gasteiger partial charge in [-0.2, -0.15) is 0 Å². The lowest BCUT2D eigenvalue weighted by atomic mass is 9.79. The molecule has 2 aliphatic rings. The summed E-state index contributed by atoms with van der Waals surface area (Å²) in [5.74, 6) is -6.85. The van der Waals surface area contributed by atoms with E-state index in [-0.39, 0.29) is 24.1 Å². The second-order valence-corrected chi connectivity index (χ2v) is 12.4. The molecule has 1 saturated carbocycles. The van der Waals surface area contributed by atoms with Crippen LogP contribution < -0.4 is 0 Å². The summed E-state index contributed by atoms with van der Waals surface area (Å²) in [7, 11) is 1.34. The Hall–Kier alpha value is -2.63. The van der Waals surface area contributed by atoms with E-state index in [0.717, 1.165) is 23.9 Å². The highest BCUT2D eigenvalue weighted by molar-refractivity contribution is 8.00. The van der Waals surface area contributed by atoms with E-state index < -0.39 is 83.5 Å². The van der Waals surface area contributed by atoms with Crippen molar-refractivity contribution in [2.45, 2.75) is 92.5 Å². The summed E-state index contributed by atoms with van der Waals surface area (Å²) in [5.41, 5.74) is -1.83. The van der Waals surface area contributed by atoms with E-state index in [2.05, 4.69) is 15.5 Å². The molecule has 242 valence electrons. The number of nitrogens with zero attached hydrogens (tertiary/aromatic N) is 4. The summed E-state index contributed by atoms with van der Waals surface area (Å²) in [6, 6.07) is 0.412. The van der Waals surface area contributed by atoms with Crippen LogP contribution in [0.15, 0.2) is 22.9 Å². The lowest BCUT2D eigenvalue weighted by Crippen LogP contribution is -2.56. The SMILES string of the molecule is CCc1onc([C@@H](S[C@@H]2O[C@H](CO)[C@H](O)[C@H](n3cc(-c4cc(F)c(F)c(F)c4)nn3)[C@H]2OC)C2(O)CCC(F)(F)CC2)c1C. The topological polar surface area (TPSA) is 136 Å². The van der Waals surface area contributed by atoms with E-state index in [1.54, 1.807) is 6.92 Å². The maximum absolute atomic E-state index is 14.2. The molecule has 2 aromatic heterocycles. The van der Waals surface area contributed by atoms with Crippen LogP contribution in [-0.4, -0.2) is 84.5 Å². The third-order valence-electron chi connectivity index (χ3n) is 8.42. The van der Waals surface area contributed by atoms with Crippen LogP contribution in [-0.2, 0) is 15.9 Å². The third-order valence-corrected chi connectivity index (χ3v) is 10.0. The van der Waals surface area contributed by atoms with Gasteiger partial charge in [0, 0.05) is 37.5 Å². The van der Waals surface area contributed by atoms with E-state index in [4.69, 9.17) is 14.0 Å². The quantitative estimate of drug-likeness (QED) is 0.228. The van der Waals surface area contributed by atoms with Crippen molar-refractivity contribution < 1.29 is 51.3 Å². The van der Waals surface area contributed by atoms with Gasteiger partial charge in [-0.05, 0) is 31.9 Å². The molecule has 0 bridgehead atoms. The van der Waals surface area contributed by atoms with Gasteiger partial charge in [0.2, 0.25) is 5.92 Å². The summed E-state index contributed by atoms with van der Waals surface area (Å²) >= 11 is 1.03. The molecule has 1 aliphatic carbocycles. The highest BCUT2D eigenvalue weighted by Crippen LogP contribution is 2.53. The first kappa shape index (κ1) is 32.8. The molecular formula is C28H33F5N4O6S. The fourth-order valence-electron chi connectivity index (χ4n) is 5.83. The highest BCUT2D eigenvalue weighted by Gasteiger charge is 2.53. The fourth-order valence-corrected chi connectivity index (χ4v) is 7.57. The van der Waals surface area contributed by atoms with E-state index in [1.807, 2.05) is 6.92 Å². The lowest BCUT2D eigenvalue weighted by molar-refractivity contribution is -0.186. The number of hydrogen-bond acceptors (Lipinski definition) is 10. The van der Waals surface area contributed by atoms with Gasteiger partial charge in [0.25, 0.3) is 0 Å². The minimum atomic E-state index is -2.93. The minimum absolute atomic E-state index is 0.0401. The number of methoxy groups -OCH3 is 1. The van der Waals surface area contributed by atoms with Crippen LogP contribution in [0.25, 0.3) is 11.3 Å². The van der Waals surface area contributed by atoms with E-state index in [1.165, 1.54) is 18.0 Å². The maximum atomic E-state index is 14.2. The molecule has 5 rings (SSSR count). The Bertz CT molecular complexity index is 1440. The Labute approximate surface area is 253 Å². The molecule has 2 fully saturated rings. The van der Waals surface area contributed by atoms with Crippen LogP contribution in [0.4, 0.5) is 22.0 Å². The predicted octanol–water partition coefficient (Wildman–Crippen LogP) is 4.27. The molecular weight excluding hydrogens is 615 g/mol. The number of hydrogen-bond donors (Lipinski definition) is 3. The van der Waals surface area contributed by atoms with E-state index in [9.17, 15) is 37.3 Å². The first-order chi connectivity index (χ1) is 20.8. The Kier molecular flexibility index (Phi) is 9.41. The second kappa shape index (κ2) is 12.6. The first-order valence-corrected chi connectivity index (χ1v) is 15.0. The predicted molar refractivity (Wildman–Crippen MR) is 146 cm³/mol. The molecule has 1 aliphatic heterocycles. The molecule has 3 aromatic rings. The van der Waals surface area contributed by atoms with Gasteiger partial charge in [0.15, 0.2) is 17.5 Å². The third kappa shape index (κ3) is 6.11. The number of halogens is 5. The molecule has 0 spiro atoms. The summed E-state index contributed by atoms with van der Waals surface area (Å²) in [4.78, 5) is 0. The molecule has 6 atom stereocenters. The molecule has 16 heteroatoms. The number of rotatable bonds is 9. The number of aliphatic hydroxyl groups is 3. The summed E-state index contributed by atoms with van der Waals surface area (Å²) < 4.78 is 88.2. The van der Waals surface area contributed by atoms with Gasteiger partial charge >= 0.3 is 0 Å². The molecule has 3 heterocycles. The Morgan fingerprint density at radius 2 is 1.82 bits per heavy atom. The van der Waals surface area contributed by atoms with Crippen molar-refractivity contribution in [1.29, 1.82) is 0 Å². The first-order valence-electron chi connectivity index (χ1n) is 14.1. The number of alkyl halides is 2. The Morgan fingerprint density at radius 1 is 1.16 bits per heavy atom. The van der Waals surface area contributed by atoms with Crippen LogP contribution in [0.2, 0.25) is 0 Å². The monoisotopic (exact) mass is 648 g/mol. The average Bonchev–Trinajstić information content (AvgIpc) is 3.63. The number of aliphatic hydroxyl groups excluding tert-OH is 2. The van der Waals surface area contributed by atoms with Crippen molar-refractivity contribution in [3.63, 3.8) is 0 Å². The molecule has 3 N–H and O–H groups in total. The summed E-state index contributed by atoms with van der Waals surface area (Å²) in [6.07, 6.45) is -3.41. The van der Waals surface area contributed by atoms with Gasteiger partial charge in [0.1, 0.15) is 46.9 Å². The van der Waals surface area contributed by atoms with Crippen molar-refractivity contribution in [3.8, 4) is 11.3 Å². The Balaban J connectivity index is 1.51. The normalized spacial score (nSPS) is 27.4. The molecule has 0 amide bonds. The van der Waals surface area contributed by atoms with Crippen molar-refractivity contribution in [2.24, 2.45) is 0 Å². The van der Waals surface area contributed by atoms with E-state index in [0.29, 0.717) is 23.4 Å². The molecule has 1 aromatic carbocycles. The summed E-state index contributed by atoms with van der Waals surface area (Å²) in [5, 5.41) is 44.3. The lowest BCUT2D eigenvalue weighted by Gasteiger charge is -2.46. The van der Waals surface area contributed by atoms with Crippen molar-refractivity contribution in [1.82, 2.24) is 20.2 Å². The highest BCUT2D eigenvalue weighted by atomic mass is 32.2. The zero-order valence-corrected chi connectivity index (χ0v) is 24.9. The zero-order chi connectivity index (χ0) is 32.0. The number of ether oxygens (including phenoxy) is 2. The van der Waals surface area contributed by atoms with Gasteiger partial charge in [-0.3, -0.25) is 0 Å². The molecule has 0 unspecified atom stereocenters. The number of benzene rings is 1. The zero-order valence-electron chi connectivity index (χ0n) is 24.1. The van der Waals surface area contributed by atoms with Crippen LogP contribution >= 0.6 is 11.8 Å². The Morgan fingerprint density at radius 3 is 2.39 bits per heavy atom. The van der Waals surface area contributed by atoms with Gasteiger partial charge in [-0.15, -0.1) is 16.9 Å². The van der Waals surface area contributed by atoms with Crippen LogP contribution in [0.3, 0.4) is 0 Å². The van der Waals surface area contributed by atoms with Crippen LogP contribution in [0.1, 0.15) is 60.9 Å². The van der Waals surface area contributed by atoms with Gasteiger partial charge in [-0.1, -0.05) is 17.3 Å². The molecule has 1 saturated heterocycles. The largest absolute Gasteiger partial charge is 0.394 e. The minimum Gasteiger partial charge on any atom is -0.394 e. The van der Waals surface area contributed by atoms with Crippen molar-refractivity contribution in [2.75, 3.05) is 13.7 Å². The van der Waals surface area contributed by atoms with Gasteiger partial charge < -0.3 is 29.3 Å². The molecule has 0 radical (unpaired) electrons. The average molecular weight is 649 g/mol. The number of aromatic nitrogens is 4. The number of thioether (sulfide) groups is 1. The van der Waals surface area contributed by atoms with Crippen LogP contribution in [0, 0.1) is 24.4 Å².